The molecule has 0 spiro atoms. The number of benzene rings is 2. The van der Waals surface area contributed by atoms with E-state index in [9.17, 15) is 10.1 Å². The number of rotatable bonds is 2. The van der Waals surface area contributed by atoms with Gasteiger partial charge in [0.1, 0.15) is 0 Å². The average Bonchev–Trinajstić information content (AvgIpc) is 2.42. The van der Waals surface area contributed by atoms with Gasteiger partial charge in [-0.05, 0) is 12.1 Å². The molecular formula is C14H12N2O2. The fraction of sp³-hybridized carbons (Fsp3) is 0. The summed E-state index contributed by atoms with van der Waals surface area (Å²) in [5.74, 6) is 0. The maximum atomic E-state index is 10.0. The van der Waals surface area contributed by atoms with Crippen molar-refractivity contribution in [3.05, 3.63) is 70.8 Å². The van der Waals surface area contributed by atoms with E-state index in [2.05, 4.69) is 11.4 Å². The summed E-state index contributed by atoms with van der Waals surface area (Å²) in [4.78, 5) is 9.59. The number of nitrogens with one attached hydrogen (secondary N) is 1. The fourth-order valence-corrected chi connectivity index (χ4v) is 1.15. The summed E-state index contributed by atoms with van der Waals surface area (Å²) in [6.45, 7) is 0. The second-order valence-corrected chi connectivity index (χ2v) is 3.23. The van der Waals surface area contributed by atoms with Crippen LogP contribution >= 0.6 is 0 Å². The van der Waals surface area contributed by atoms with Crippen LogP contribution in [0.3, 0.4) is 0 Å². The van der Waals surface area contributed by atoms with Gasteiger partial charge in [0.15, 0.2) is 0 Å². The van der Waals surface area contributed by atoms with Crippen molar-refractivity contribution >= 4 is 11.4 Å². The molecule has 0 bridgehead atoms. The second kappa shape index (κ2) is 7.47. The van der Waals surface area contributed by atoms with Gasteiger partial charge in [0.05, 0.1) is 4.92 Å². The van der Waals surface area contributed by atoms with E-state index in [1.807, 2.05) is 30.3 Å². The minimum absolute atomic E-state index is 0.137. The summed E-state index contributed by atoms with van der Waals surface area (Å²) in [7, 11) is 0. The number of nitro groups is 1. The molecule has 0 amide bonds. The summed E-state index contributed by atoms with van der Waals surface area (Å²) in [6.07, 6.45) is 5.00. The van der Waals surface area contributed by atoms with Crippen molar-refractivity contribution in [2.75, 3.05) is 5.32 Å². The van der Waals surface area contributed by atoms with Crippen molar-refractivity contribution in [1.29, 1.82) is 0 Å². The number of hydrogen-bond donors (Lipinski definition) is 1. The zero-order valence-electron chi connectivity index (χ0n) is 9.61. The molecule has 0 aromatic heterocycles. The highest BCUT2D eigenvalue weighted by Crippen LogP contribution is 2.06. The highest BCUT2D eigenvalue weighted by Gasteiger charge is 1.98. The Kier molecular flexibility index (Phi) is 5.50. The van der Waals surface area contributed by atoms with E-state index in [0.717, 1.165) is 5.69 Å². The SMILES string of the molecule is C#CNc1ccccc1.O=[N+]([O-])c1ccccc1. The van der Waals surface area contributed by atoms with E-state index in [4.69, 9.17) is 6.42 Å². The van der Waals surface area contributed by atoms with Gasteiger partial charge in [0.2, 0.25) is 0 Å². The topological polar surface area (TPSA) is 55.2 Å². The number of nitro benzene ring substituents is 1. The Labute approximate surface area is 105 Å². The van der Waals surface area contributed by atoms with Gasteiger partial charge in [0.25, 0.3) is 5.69 Å². The molecule has 0 aliphatic rings. The predicted molar refractivity (Wildman–Crippen MR) is 72.0 cm³/mol. The standard InChI is InChI=1S/C8H7N.C6H5NO2/c1-2-9-8-6-4-3-5-7-8;8-7(9)6-4-2-1-3-5-6/h1,3-7,9H;1-5H. The maximum Gasteiger partial charge on any atom is 0.269 e. The Hall–Kier alpha value is -2.80. The van der Waals surface area contributed by atoms with Crippen LogP contribution in [0.2, 0.25) is 0 Å². The number of nitrogens with zero attached hydrogens (tertiary/aromatic N) is 1. The molecule has 0 atom stereocenters. The van der Waals surface area contributed by atoms with Gasteiger partial charge in [-0.15, -0.1) is 0 Å². The molecule has 90 valence electrons. The molecule has 0 radical (unpaired) electrons. The molecule has 0 saturated heterocycles. The van der Waals surface area contributed by atoms with E-state index < -0.39 is 4.92 Å². The Bertz CT molecular complexity index is 518. The zero-order valence-corrected chi connectivity index (χ0v) is 9.61. The van der Waals surface area contributed by atoms with Crippen LogP contribution in [0.25, 0.3) is 0 Å². The highest BCUT2D eigenvalue weighted by molar-refractivity contribution is 5.46. The minimum atomic E-state index is -0.417. The fourth-order valence-electron chi connectivity index (χ4n) is 1.15. The van der Waals surface area contributed by atoms with E-state index >= 15 is 0 Å². The molecule has 0 aliphatic heterocycles. The van der Waals surface area contributed by atoms with Crippen LogP contribution in [-0.4, -0.2) is 4.92 Å². The molecule has 0 fully saturated rings. The summed E-state index contributed by atoms with van der Waals surface area (Å²) in [5.41, 5.74) is 1.09. The third-order valence-electron chi connectivity index (χ3n) is 1.96. The van der Waals surface area contributed by atoms with Gasteiger partial charge < -0.3 is 5.32 Å². The highest BCUT2D eigenvalue weighted by atomic mass is 16.6. The van der Waals surface area contributed by atoms with Crippen molar-refractivity contribution in [2.45, 2.75) is 0 Å². The first-order chi connectivity index (χ1) is 8.74. The van der Waals surface area contributed by atoms with Crippen molar-refractivity contribution < 1.29 is 4.92 Å². The normalized spacial score (nSPS) is 8.39. The first kappa shape index (κ1) is 13.3. The van der Waals surface area contributed by atoms with Crippen molar-refractivity contribution in [2.24, 2.45) is 0 Å². The lowest BCUT2D eigenvalue weighted by molar-refractivity contribution is -0.384. The van der Waals surface area contributed by atoms with Gasteiger partial charge in [-0.1, -0.05) is 42.8 Å². The molecule has 4 nitrogen and oxygen atoms in total. The molecule has 0 aliphatic carbocycles. The molecule has 2 rings (SSSR count). The van der Waals surface area contributed by atoms with Crippen molar-refractivity contribution in [1.82, 2.24) is 0 Å². The number of para-hydroxylation sites is 2. The van der Waals surface area contributed by atoms with Crippen LogP contribution in [0, 0.1) is 22.6 Å². The quantitative estimate of drug-likeness (QED) is 0.379. The minimum Gasteiger partial charge on any atom is -0.315 e. The third-order valence-corrected chi connectivity index (χ3v) is 1.96. The molecule has 0 unspecified atom stereocenters. The molecule has 4 heteroatoms. The second-order valence-electron chi connectivity index (χ2n) is 3.23. The Morgan fingerprint density at radius 3 is 1.89 bits per heavy atom. The molecule has 2 aromatic rings. The summed E-state index contributed by atoms with van der Waals surface area (Å²) in [6, 6.07) is 19.9. The molecule has 1 N–H and O–H groups in total. The lowest BCUT2D eigenvalue weighted by Crippen LogP contribution is -1.84. The van der Waals surface area contributed by atoms with Crippen LogP contribution in [0.1, 0.15) is 0 Å². The zero-order chi connectivity index (χ0) is 13.2. The van der Waals surface area contributed by atoms with E-state index in [1.54, 1.807) is 18.2 Å². The van der Waals surface area contributed by atoms with Crippen molar-refractivity contribution in [3.63, 3.8) is 0 Å². The van der Waals surface area contributed by atoms with E-state index in [0.29, 0.717) is 0 Å². The lowest BCUT2D eigenvalue weighted by atomic mass is 10.3. The van der Waals surface area contributed by atoms with Gasteiger partial charge in [-0.25, -0.2) is 0 Å². The summed E-state index contributed by atoms with van der Waals surface area (Å²) >= 11 is 0. The first-order valence-electron chi connectivity index (χ1n) is 5.20. The van der Waals surface area contributed by atoms with Crippen LogP contribution in [0.5, 0.6) is 0 Å². The molecule has 18 heavy (non-hydrogen) atoms. The number of hydrogen-bond acceptors (Lipinski definition) is 3. The van der Waals surface area contributed by atoms with E-state index in [1.165, 1.54) is 12.1 Å². The predicted octanol–water partition coefficient (Wildman–Crippen LogP) is 3.28. The number of non-ortho nitro benzene ring substituents is 1. The first-order valence-corrected chi connectivity index (χ1v) is 5.20. The Morgan fingerprint density at radius 1 is 1.00 bits per heavy atom. The average molecular weight is 240 g/mol. The molecule has 2 aromatic carbocycles. The molecule has 0 heterocycles. The van der Waals surface area contributed by atoms with Gasteiger partial charge in [-0.2, -0.15) is 0 Å². The van der Waals surface area contributed by atoms with Gasteiger partial charge in [0, 0.05) is 23.9 Å². The lowest BCUT2D eigenvalue weighted by Gasteiger charge is -1.93. The summed E-state index contributed by atoms with van der Waals surface area (Å²) < 4.78 is 0. The largest absolute Gasteiger partial charge is 0.315 e. The number of anilines is 1. The van der Waals surface area contributed by atoms with Crippen LogP contribution in [0.15, 0.2) is 60.7 Å². The molecule has 0 saturated carbocycles. The monoisotopic (exact) mass is 240 g/mol. The number of terminal acetylenes is 1. The third kappa shape index (κ3) is 4.81. The Balaban J connectivity index is 0.000000180. The van der Waals surface area contributed by atoms with Crippen molar-refractivity contribution in [3.8, 4) is 12.5 Å². The smallest absolute Gasteiger partial charge is 0.269 e. The summed E-state index contributed by atoms with van der Waals surface area (Å²) in [5, 5.41) is 12.7. The van der Waals surface area contributed by atoms with Gasteiger partial charge in [-0.3, -0.25) is 10.1 Å². The van der Waals surface area contributed by atoms with Gasteiger partial charge >= 0.3 is 0 Å². The molecular weight excluding hydrogens is 228 g/mol. The van der Waals surface area contributed by atoms with Crippen LogP contribution < -0.4 is 5.32 Å². The van der Waals surface area contributed by atoms with E-state index in [-0.39, 0.29) is 5.69 Å². The van der Waals surface area contributed by atoms with Crippen LogP contribution in [0.4, 0.5) is 11.4 Å². The van der Waals surface area contributed by atoms with Crippen LogP contribution in [-0.2, 0) is 0 Å². The Morgan fingerprint density at radius 2 is 1.50 bits per heavy atom. The maximum absolute atomic E-state index is 10.0.